The molecule has 0 unspecified atom stereocenters. The molecule has 0 aromatic rings. The minimum Gasteiger partial charge on any atom is -0.283 e. The van der Waals surface area contributed by atoms with Crippen molar-refractivity contribution in [3.63, 3.8) is 0 Å². The minimum absolute atomic E-state index is 0.132. The zero-order valence-electron chi connectivity index (χ0n) is 3.73. The van der Waals surface area contributed by atoms with E-state index in [1.807, 2.05) is 0 Å². The van der Waals surface area contributed by atoms with E-state index < -0.39 is 0 Å². The zero-order chi connectivity index (χ0) is 6.57. The Balaban J connectivity index is 3.67. The number of hydrogen-bond donors (Lipinski definition) is 0. The van der Waals surface area contributed by atoms with Crippen molar-refractivity contribution in [3.05, 3.63) is 12.2 Å². The molecule has 0 saturated heterocycles. The lowest BCUT2D eigenvalue weighted by Gasteiger charge is -1.71. The Labute approximate surface area is 74.0 Å². The average molecular weight is 336 g/mol. The number of carbonyl (C=O) groups excluding carboxylic acids is 2. The van der Waals surface area contributed by atoms with Crippen LogP contribution in [0.2, 0.25) is 0 Å². The Bertz CT molecular complexity index is 123. The molecule has 0 bridgehead atoms. The van der Waals surface area contributed by atoms with Gasteiger partial charge in [-0.25, -0.2) is 0 Å². The van der Waals surface area contributed by atoms with E-state index in [1.54, 1.807) is 45.2 Å². The fraction of sp³-hybridized carbons (Fsp3) is 0. The van der Waals surface area contributed by atoms with Gasteiger partial charge in [0.2, 0.25) is 7.58 Å². The van der Waals surface area contributed by atoms with Gasteiger partial charge in [0.15, 0.2) is 0 Å². The van der Waals surface area contributed by atoms with Crippen LogP contribution in [0.3, 0.4) is 0 Å². The second kappa shape index (κ2) is 4.42. The van der Waals surface area contributed by atoms with Crippen molar-refractivity contribution >= 4 is 52.8 Å². The maximum absolute atomic E-state index is 10.1. The topological polar surface area (TPSA) is 34.1 Å². The first-order valence-corrected chi connectivity index (χ1v) is 3.85. The molecule has 0 aliphatic rings. The first-order chi connectivity index (χ1) is 3.63. The second-order valence-corrected chi connectivity index (χ2v) is 3.07. The number of rotatable bonds is 2. The van der Waals surface area contributed by atoms with Crippen molar-refractivity contribution in [2.75, 3.05) is 0 Å². The van der Waals surface area contributed by atoms with Crippen molar-refractivity contribution in [1.29, 1.82) is 0 Å². The highest BCUT2D eigenvalue weighted by atomic mass is 127. The summed E-state index contributed by atoms with van der Waals surface area (Å²) in [7, 11) is 0. The van der Waals surface area contributed by atoms with Gasteiger partial charge in [-0.15, -0.1) is 0 Å². The average Bonchev–Trinajstić information content (AvgIpc) is 1.61. The molecule has 0 radical (unpaired) electrons. The van der Waals surface area contributed by atoms with Crippen LogP contribution in [0, 0.1) is 0 Å². The van der Waals surface area contributed by atoms with Crippen molar-refractivity contribution in [2.45, 2.75) is 0 Å². The lowest BCUT2D eigenvalue weighted by molar-refractivity contribution is -0.107. The number of hydrogen-bond acceptors (Lipinski definition) is 2. The summed E-state index contributed by atoms with van der Waals surface area (Å²) in [6, 6.07) is 0. The summed E-state index contributed by atoms with van der Waals surface area (Å²) in [4.78, 5) is 20.2. The monoisotopic (exact) mass is 336 g/mol. The molecule has 0 fully saturated rings. The molecule has 0 aromatic heterocycles. The molecule has 0 amide bonds. The van der Waals surface area contributed by atoms with Crippen LogP contribution in [0.4, 0.5) is 0 Å². The molecule has 4 heteroatoms. The lowest BCUT2D eigenvalue weighted by atomic mass is 10.6. The van der Waals surface area contributed by atoms with Gasteiger partial charge in [0, 0.05) is 45.2 Å². The highest BCUT2D eigenvalue weighted by Gasteiger charge is 1.86. The summed E-state index contributed by atoms with van der Waals surface area (Å²) >= 11 is 3.19. The summed E-state index contributed by atoms with van der Waals surface area (Å²) in [5.74, 6) is 0. The Morgan fingerprint density at radius 2 is 1.25 bits per heavy atom. The molecular weight excluding hydrogens is 334 g/mol. The molecular formula is C4H2I2O2. The van der Waals surface area contributed by atoms with E-state index in [4.69, 9.17) is 0 Å². The highest BCUT2D eigenvalue weighted by Crippen LogP contribution is 1.91. The molecule has 2 nitrogen and oxygen atoms in total. The minimum atomic E-state index is -0.132. The third-order valence-corrected chi connectivity index (χ3v) is 1.06. The molecule has 44 valence electrons. The molecule has 0 rings (SSSR count). The van der Waals surface area contributed by atoms with E-state index >= 15 is 0 Å². The molecule has 8 heavy (non-hydrogen) atoms. The van der Waals surface area contributed by atoms with Crippen LogP contribution in [0.5, 0.6) is 0 Å². The van der Waals surface area contributed by atoms with E-state index in [1.165, 1.54) is 12.2 Å². The predicted octanol–water partition coefficient (Wildman–Crippen LogP) is 1.47. The summed E-state index contributed by atoms with van der Waals surface area (Å²) in [6.45, 7) is 0. The molecule has 0 saturated carbocycles. The van der Waals surface area contributed by atoms with Crippen LogP contribution in [-0.2, 0) is 9.59 Å². The molecule has 0 heterocycles. The molecule has 0 aliphatic heterocycles. The third-order valence-electron chi connectivity index (χ3n) is 0.345. The van der Waals surface area contributed by atoms with Crippen molar-refractivity contribution in [1.82, 2.24) is 0 Å². The van der Waals surface area contributed by atoms with Gasteiger partial charge in [0.05, 0.1) is 0 Å². The van der Waals surface area contributed by atoms with E-state index in [-0.39, 0.29) is 7.58 Å². The van der Waals surface area contributed by atoms with E-state index in [2.05, 4.69) is 0 Å². The number of carbonyl (C=O) groups is 2. The third kappa shape index (κ3) is 6.54. The van der Waals surface area contributed by atoms with Crippen LogP contribution in [-0.4, -0.2) is 7.58 Å². The van der Waals surface area contributed by atoms with Gasteiger partial charge >= 0.3 is 0 Å². The smallest absolute Gasteiger partial charge is 0.215 e. The lowest BCUT2D eigenvalue weighted by Crippen LogP contribution is -1.78. The summed E-state index contributed by atoms with van der Waals surface area (Å²) in [6.07, 6.45) is 2.46. The maximum atomic E-state index is 10.1. The van der Waals surface area contributed by atoms with Gasteiger partial charge in [-0.2, -0.15) is 0 Å². The van der Waals surface area contributed by atoms with Gasteiger partial charge < -0.3 is 0 Å². The van der Waals surface area contributed by atoms with Crippen LogP contribution in [0.15, 0.2) is 12.2 Å². The first kappa shape index (κ1) is 8.54. The van der Waals surface area contributed by atoms with Crippen LogP contribution in [0.1, 0.15) is 0 Å². The number of halogens is 2. The fourth-order valence-electron chi connectivity index (χ4n) is 0.131. The SMILES string of the molecule is O=C(I)C=CC(=O)I. The molecule has 0 N–H and O–H groups in total. The summed E-state index contributed by atoms with van der Waals surface area (Å²) in [5.41, 5.74) is 0. The maximum Gasteiger partial charge on any atom is 0.215 e. The second-order valence-electron chi connectivity index (χ2n) is 0.942. The highest BCUT2D eigenvalue weighted by molar-refractivity contribution is 14.1. The van der Waals surface area contributed by atoms with Crippen LogP contribution in [0.25, 0.3) is 0 Å². The van der Waals surface area contributed by atoms with Gasteiger partial charge in [-0.3, -0.25) is 9.59 Å². The van der Waals surface area contributed by atoms with Crippen LogP contribution < -0.4 is 0 Å². The Morgan fingerprint density at radius 1 is 1.00 bits per heavy atom. The number of allylic oxidation sites excluding steroid dienone is 2. The van der Waals surface area contributed by atoms with E-state index in [9.17, 15) is 9.59 Å². The first-order valence-electron chi connectivity index (χ1n) is 1.70. The van der Waals surface area contributed by atoms with E-state index in [0.717, 1.165) is 0 Å². The Morgan fingerprint density at radius 3 is 1.38 bits per heavy atom. The normalized spacial score (nSPS) is 9.75. The molecule has 0 spiro atoms. The Hall–Kier alpha value is 0.540. The summed E-state index contributed by atoms with van der Waals surface area (Å²) < 4.78 is -0.264. The van der Waals surface area contributed by atoms with E-state index in [0.29, 0.717) is 0 Å². The largest absolute Gasteiger partial charge is 0.283 e. The van der Waals surface area contributed by atoms with Crippen molar-refractivity contribution in [3.8, 4) is 0 Å². The van der Waals surface area contributed by atoms with Gasteiger partial charge in [-0.1, -0.05) is 0 Å². The molecule has 0 aromatic carbocycles. The standard InChI is InChI=1S/C4H2I2O2/c5-3(7)1-2-4(6)8/h1-2H. The van der Waals surface area contributed by atoms with Gasteiger partial charge in [0.25, 0.3) is 0 Å². The van der Waals surface area contributed by atoms with Crippen molar-refractivity contribution < 1.29 is 9.59 Å². The molecule has 0 aliphatic carbocycles. The Kier molecular flexibility index (Phi) is 4.72. The molecule has 0 atom stereocenters. The van der Waals surface area contributed by atoms with Gasteiger partial charge in [-0.05, 0) is 12.2 Å². The van der Waals surface area contributed by atoms with Crippen LogP contribution >= 0.6 is 45.2 Å². The van der Waals surface area contributed by atoms with Crippen molar-refractivity contribution in [2.24, 2.45) is 0 Å². The fourth-order valence-corrected chi connectivity index (χ4v) is 0.491. The quantitative estimate of drug-likeness (QED) is 0.435. The van der Waals surface area contributed by atoms with Gasteiger partial charge in [0.1, 0.15) is 0 Å². The predicted molar refractivity (Wildman–Crippen MR) is 47.2 cm³/mol. The zero-order valence-corrected chi connectivity index (χ0v) is 8.04. The summed E-state index contributed by atoms with van der Waals surface area (Å²) in [5, 5.41) is 0.